The van der Waals surface area contributed by atoms with Crippen LogP contribution in [0.3, 0.4) is 0 Å². The van der Waals surface area contributed by atoms with Crippen molar-refractivity contribution in [2.45, 2.75) is 13.0 Å². The minimum Gasteiger partial charge on any atom is -0.327 e. The fourth-order valence-corrected chi connectivity index (χ4v) is 3.18. The fraction of sp³-hybridized carbons (Fsp3) is 0.235. The summed E-state index contributed by atoms with van der Waals surface area (Å²) in [5, 5.41) is 0.412. The highest BCUT2D eigenvalue weighted by Gasteiger charge is 2.34. The van der Waals surface area contributed by atoms with Gasteiger partial charge in [-0.15, -0.1) is 0 Å². The lowest BCUT2D eigenvalue weighted by molar-refractivity contribution is -0.121. The Hall–Kier alpha value is -2.31. The molecule has 0 spiro atoms. The van der Waals surface area contributed by atoms with E-state index in [1.54, 1.807) is 29.2 Å². The van der Waals surface area contributed by atoms with Crippen molar-refractivity contribution in [2.24, 2.45) is 0 Å². The van der Waals surface area contributed by atoms with Crippen molar-refractivity contribution in [1.82, 2.24) is 9.88 Å². The Balaban J connectivity index is 1.83. The molecule has 0 radical (unpaired) electrons. The number of pyridine rings is 1. The van der Waals surface area contributed by atoms with E-state index in [0.29, 0.717) is 17.3 Å². The second-order valence-corrected chi connectivity index (χ2v) is 6.62. The van der Waals surface area contributed by atoms with Gasteiger partial charge in [-0.3, -0.25) is 14.4 Å². The van der Waals surface area contributed by atoms with E-state index in [1.165, 1.54) is 17.2 Å². The maximum absolute atomic E-state index is 12.7. The van der Waals surface area contributed by atoms with Crippen molar-refractivity contribution < 1.29 is 9.59 Å². The van der Waals surface area contributed by atoms with Crippen LogP contribution in [0.5, 0.6) is 0 Å². The molecule has 0 bridgehead atoms. The predicted octanol–water partition coefficient (Wildman–Crippen LogP) is 2.56. The monoisotopic (exact) mass is 379 g/mol. The van der Waals surface area contributed by atoms with Gasteiger partial charge in [-0.1, -0.05) is 35.3 Å². The summed E-state index contributed by atoms with van der Waals surface area (Å²) in [5.74, 6) is -0.590. The van der Waals surface area contributed by atoms with Crippen LogP contribution in [0.1, 0.15) is 17.3 Å². The molecule has 1 aliphatic rings. The predicted molar refractivity (Wildman–Crippen MR) is 96.4 cm³/mol. The Morgan fingerprint density at radius 1 is 1.20 bits per heavy atom. The number of benzene rings is 1. The van der Waals surface area contributed by atoms with Gasteiger partial charge in [-0.2, -0.15) is 0 Å². The zero-order valence-electron chi connectivity index (χ0n) is 13.3. The van der Waals surface area contributed by atoms with Crippen LogP contribution in [0.2, 0.25) is 10.0 Å². The van der Waals surface area contributed by atoms with Crippen LogP contribution in [0.25, 0.3) is 0 Å². The van der Waals surface area contributed by atoms with E-state index in [4.69, 9.17) is 23.2 Å². The summed E-state index contributed by atoms with van der Waals surface area (Å²) in [5.41, 5.74) is 0.390. The van der Waals surface area contributed by atoms with E-state index in [-0.39, 0.29) is 35.0 Å². The number of nitrogens with zero attached hydrogens (tertiary/aromatic N) is 2. The van der Waals surface area contributed by atoms with Crippen molar-refractivity contribution >= 4 is 40.7 Å². The summed E-state index contributed by atoms with van der Waals surface area (Å²) >= 11 is 12.0. The molecule has 8 heteroatoms. The number of anilines is 1. The molecule has 1 aromatic heterocycles. The van der Waals surface area contributed by atoms with Crippen LogP contribution < -0.4 is 10.5 Å². The highest BCUT2D eigenvalue weighted by atomic mass is 35.5. The van der Waals surface area contributed by atoms with Gasteiger partial charge in [0.1, 0.15) is 11.6 Å². The molecule has 1 N–H and O–H groups in total. The Bertz CT molecular complexity index is 897. The number of H-pyrrole nitrogens is 1. The Kier molecular flexibility index (Phi) is 4.83. The molecule has 1 aromatic carbocycles. The maximum Gasteiger partial charge on any atom is 0.266 e. The van der Waals surface area contributed by atoms with Crippen LogP contribution in [0, 0.1) is 0 Å². The number of carbonyl (C=O) groups is 2. The smallest absolute Gasteiger partial charge is 0.266 e. The van der Waals surface area contributed by atoms with Gasteiger partial charge in [-0.25, -0.2) is 0 Å². The highest BCUT2D eigenvalue weighted by Crippen LogP contribution is 2.28. The highest BCUT2D eigenvalue weighted by molar-refractivity contribution is 6.34. The van der Waals surface area contributed by atoms with E-state index in [0.717, 1.165) is 0 Å². The molecule has 2 heterocycles. The topological polar surface area (TPSA) is 73.5 Å². The van der Waals surface area contributed by atoms with Crippen LogP contribution in [-0.2, 0) is 4.79 Å². The van der Waals surface area contributed by atoms with Gasteiger partial charge in [0, 0.05) is 18.8 Å². The van der Waals surface area contributed by atoms with Gasteiger partial charge in [0.25, 0.3) is 11.5 Å². The van der Waals surface area contributed by atoms with Gasteiger partial charge in [0.05, 0.1) is 16.3 Å². The Morgan fingerprint density at radius 3 is 2.60 bits per heavy atom. The molecule has 6 nitrogen and oxygen atoms in total. The first-order chi connectivity index (χ1) is 11.9. The third-order valence-corrected chi connectivity index (χ3v) is 4.69. The third kappa shape index (κ3) is 3.41. The van der Waals surface area contributed by atoms with E-state index in [2.05, 4.69) is 4.98 Å². The molecule has 0 aliphatic carbocycles. The molecule has 1 aliphatic heterocycles. The number of nitrogens with one attached hydrogen (secondary N) is 1. The molecule has 0 saturated carbocycles. The molecule has 0 unspecified atom stereocenters. The van der Waals surface area contributed by atoms with E-state index in [9.17, 15) is 14.4 Å². The summed E-state index contributed by atoms with van der Waals surface area (Å²) in [6, 6.07) is 8.16. The largest absolute Gasteiger partial charge is 0.327 e. The number of hydrogen-bond donors (Lipinski definition) is 1. The number of halogens is 2. The first-order valence-electron chi connectivity index (χ1n) is 7.62. The zero-order chi connectivity index (χ0) is 18.1. The zero-order valence-corrected chi connectivity index (χ0v) is 14.8. The average Bonchev–Trinajstić information content (AvgIpc) is 2.59. The number of rotatable bonds is 2. The van der Waals surface area contributed by atoms with E-state index >= 15 is 0 Å². The van der Waals surface area contributed by atoms with Crippen molar-refractivity contribution in [3.8, 4) is 0 Å². The minimum absolute atomic E-state index is 0.0699. The summed E-state index contributed by atoms with van der Waals surface area (Å²) in [6.07, 6.45) is 1.30. The number of piperazine rings is 1. The van der Waals surface area contributed by atoms with Crippen LogP contribution >= 0.6 is 23.2 Å². The molecule has 2 amide bonds. The Labute approximate surface area is 154 Å². The molecule has 1 atom stereocenters. The molecule has 1 fully saturated rings. The van der Waals surface area contributed by atoms with Gasteiger partial charge in [-0.05, 0) is 25.1 Å². The van der Waals surface area contributed by atoms with Crippen molar-refractivity contribution in [1.29, 1.82) is 0 Å². The lowest BCUT2D eigenvalue weighted by Gasteiger charge is -2.39. The maximum atomic E-state index is 12.7. The molecule has 130 valence electrons. The summed E-state index contributed by atoms with van der Waals surface area (Å²) in [7, 11) is 0. The summed E-state index contributed by atoms with van der Waals surface area (Å²) < 4.78 is 0. The first-order valence-corrected chi connectivity index (χ1v) is 8.38. The number of amides is 2. The molecule has 3 rings (SSSR count). The lowest BCUT2D eigenvalue weighted by atomic mass is 10.1. The van der Waals surface area contributed by atoms with Crippen LogP contribution in [-0.4, -0.2) is 40.8 Å². The second-order valence-electron chi connectivity index (χ2n) is 5.80. The van der Waals surface area contributed by atoms with E-state index in [1.807, 2.05) is 6.92 Å². The molecular weight excluding hydrogens is 365 g/mol. The SMILES string of the molecule is C[C@H]1CN(c2ccccc2Cl)C(=O)CN1C(=O)c1c[nH]c(=O)c(Cl)c1. The number of carbonyl (C=O) groups excluding carboxylic acids is 2. The number of hydrogen-bond acceptors (Lipinski definition) is 3. The molecule has 2 aromatic rings. The average molecular weight is 380 g/mol. The quantitative estimate of drug-likeness (QED) is 0.871. The van der Waals surface area contributed by atoms with Crippen molar-refractivity contribution in [3.63, 3.8) is 0 Å². The van der Waals surface area contributed by atoms with Gasteiger partial charge in [0.15, 0.2) is 0 Å². The first kappa shape index (κ1) is 17.5. The van der Waals surface area contributed by atoms with E-state index < -0.39 is 5.56 Å². The lowest BCUT2D eigenvalue weighted by Crippen LogP contribution is -2.57. The Morgan fingerprint density at radius 2 is 1.92 bits per heavy atom. The standard InChI is InChI=1S/C17H15Cl2N3O3/c1-10-8-22(14-5-3-2-4-12(14)18)15(23)9-21(10)17(25)11-6-13(19)16(24)20-7-11/h2-7,10H,8-9H2,1H3,(H,20,24)/t10-/m0/s1. The molecular formula is C17H15Cl2N3O3. The number of aromatic amines is 1. The van der Waals surface area contributed by atoms with Gasteiger partial charge < -0.3 is 14.8 Å². The van der Waals surface area contributed by atoms with Gasteiger partial charge >= 0.3 is 0 Å². The second kappa shape index (κ2) is 6.90. The normalized spacial score (nSPS) is 17.7. The molecule has 1 saturated heterocycles. The minimum atomic E-state index is -0.467. The van der Waals surface area contributed by atoms with Crippen LogP contribution in [0.4, 0.5) is 5.69 Å². The van der Waals surface area contributed by atoms with Crippen molar-refractivity contribution in [3.05, 3.63) is 62.5 Å². The molecule has 25 heavy (non-hydrogen) atoms. The van der Waals surface area contributed by atoms with Gasteiger partial charge in [0.2, 0.25) is 5.91 Å². The summed E-state index contributed by atoms with van der Waals surface area (Å²) in [6.45, 7) is 2.09. The van der Waals surface area contributed by atoms with Crippen LogP contribution in [0.15, 0.2) is 41.3 Å². The number of aromatic nitrogens is 1. The third-order valence-electron chi connectivity index (χ3n) is 4.09. The fourth-order valence-electron chi connectivity index (χ4n) is 2.77. The number of para-hydroxylation sites is 1. The van der Waals surface area contributed by atoms with Crippen molar-refractivity contribution in [2.75, 3.05) is 18.0 Å². The summed E-state index contributed by atoms with van der Waals surface area (Å²) in [4.78, 5) is 42.0.